The topological polar surface area (TPSA) is 124 Å². The summed E-state index contributed by atoms with van der Waals surface area (Å²) in [5.41, 5.74) is 2.78. The second-order valence-corrected chi connectivity index (χ2v) is 7.25. The zero-order valence-corrected chi connectivity index (χ0v) is 16.4. The molecule has 2 N–H and O–H groups in total. The van der Waals surface area contributed by atoms with Crippen LogP contribution in [0.4, 0.5) is 5.82 Å². The maximum absolute atomic E-state index is 12.6. The van der Waals surface area contributed by atoms with Crippen LogP contribution in [0.2, 0.25) is 0 Å². The highest BCUT2D eigenvalue weighted by molar-refractivity contribution is 6.04. The highest BCUT2D eigenvalue weighted by Gasteiger charge is 2.22. The molecule has 10 heteroatoms. The van der Waals surface area contributed by atoms with E-state index in [0.717, 1.165) is 11.5 Å². The number of rotatable bonds is 4. The van der Waals surface area contributed by atoms with Gasteiger partial charge in [0.1, 0.15) is 23.4 Å². The highest BCUT2D eigenvalue weighted by Crippen LogP contribution is 2.30. The van der Waals surface area contributed by atoms with Crippen molar-refractivity contribution in [2.75, 3.05) is 11.9 Å². The van der Waals surface area contributed by atoms with E-state index in [1.165, 1.54) is 6.26 Å². The summed E-state index contributed by atoms with van der Waals surface area (Å²) in [6.07, 6.45) is 2.07. The Bertz CT molecular complexity index is 1210. The summed E-state index contributed by atoms with van der Waals surface area (Å²) in [5, 5.41) is 18.3. The van der Waals surface area contributed by atoms with E-state index in [1.807, 2.05) is 19.9 Å². The van der Waals surface area contributed by atoms with Gasteiger partial charge >= 0.3 is 0 Å². The van der Waals surface area contributed by atoms with E-state index in [1.54, 1.807) is 28.9 Å². The average molecular weight is 405 g/mol. The van der Waals surface area contributed by atoms with Gasteiger partial charge in [-0.2, -0.15) is 10.2 Å². The summed E-state index contributed by atoms with van der Waals surface area (Å²) in [6.45, 7) is 4.58. The van der Waals surface area contributed by atoms with E-state index in [2.05, 4.69) is 25.7 Å². The van der Waals surface area contributed by atoms with Crippen molar-refractivity contribution in [3.63, 3.8) is 0 Å². The molecule has 10 nitrogen and oxygen atoms in total. The van der Waals surface area contributed by atoms with E-state index in [-0.39, 0.29) is 11.8 Å². The van der Waals surface area contributed by atoms with Crippen LogP contribution in [0.5, 0.6) is 5.75 Å². The van der Waals surface area contributed by atoms with Crippen LogP contribution in [0.3, 0.4) is 0 Å². The normalized spacial score (nSPS) is 12.8. The zero-order valence-electron chi connectivity index (χ0n) is 16.4. The molecule has 0 bridgehead atoms. The Kier molecular flexibility index (Phi) is 4.31. The third kappa shape index (κ3) is 3.21. The summed E-state index contributed by atoms with van der Waals surface area (Å²) < 4.78 is 12.4. The van der Waals surface area contributed by atoms with Crippen LogP contribution in [0, 0.1) is 0 Å². The third-order valence-corrected chi connectivity index (χ3v) is 4.79. The molecular formula is C20H19N7O3. The molecule has 1 aliphatic heterocycles. The summed E-state index contributed by atoms with van der Waals surface area (Å²) in [4.78, 5) is 17.1. The maximum Gasteiger partial charge on any atom is 0.256 e. The van der Waals surface area contributed by atoms with Crippen LogP contribution >= 0.6 is 0 Å². The molecule has 5 rings (SSSR count). The largest absolute Gasteiger partial charge is 0.491 e. The van der Waals surface area contributed by atoms with Gasteiger partial charge in [0.15, 0.2) is 17.5 Å². The Balaban J connectivity index is 1.52. The molecule has 3 aromatic heterocycles. The van der Waals surface area contributed by atoms with Gasteiger partial charge in [0.05, 0.1) is 6.61 Å². The SMILES string of the molecule is CC(C)c1n[nH]c(-c2cc3n(n2)-c2cc(C(=O)Nc4ccon4)ccc2OCC3)n1. The van der Waals surface area contributed by atoms with Gasteiger partial charge in [-0.05, 0) is 24.3 Å². The van der Waals surface area contributed by atoms with Crippen LogP contribution in [0.15, 0.2) is 41.1 Å². The second kappa shape index (κ2) is 7.14. The molecule has 0 fully saturated rings. The van der Waals surface area contributed by atoms with Gasteiger partial charge in [-0.25, -0.2) is 9.67 Å². The quantitative estimate of drug-likeness (QED) is 0.535. The molecule has 1 aliphatic rings. The first kappa shape index (κ1) is 18.1. The number of fused-ring (bicyclic) bond motifs is 3. The van der Waals surface area contributed by atoms with Gasteiger partial charge in [-0.15, -0.1) is 0 Å². The molecule has 152 valence electrons. The molecule has 0 atom stereocenters. The van der Waals surface area contributed by atoms with Crippen molar-refractivity contribution in [2.45, 2.75) is 26.2 Å². The van der Waals surface area contributed by atoms with Gasteiger partial charge in [0.2, 0.25) is 0 Å². The number of H-pyrrole nitrogens is 1. The molecule has 4 heterocycles. The molecule has 0 spiro atoms. The van der Waals surface area contributed by atoms with Crippen LogP contribution in [0.25, 0.3) is 17.2 Å². The van der Waals surface area contributed by atoms with E-state index in [9.17, 15) is 4.79 Å². The number of anilines is 1. The Labute approximate surface area is 171 Å². The molecule has 1 amide bonds. The van der Waals surface area contributed by atoms with Gasteiger partial charge in [-0.1, -0.05) is 19.0 Å². The lowest BCUT2D eigenvalue weighted by Gasteiger charge is -2.10. The van der Waals surface area contributed by atoms with Gasteiger partial charge in [-0.3, -0.25) is 9.89 Å². The van der Waals surface area contributed by atoms with Crippen LogP contribution < -0.4 is 10.1 Å². The van der Waals surface area contributed by atoms with Crippen molar-refractivity contribution >= 4 is 11.7 Å². The molecule has 0 unspecified atom stereocenters. The number of benzene rings is 1. The number of hydrogen-bond donors (Lipinski definition) is 2. The standard InChI is InChI=1S/C20H19N7O3/c1-11(2)18-22-19(24-23-18)14-10-13-5-7-29-16-4-3-12(9-15(16)27(13)25-14)20(28)21-17-6-8-30-26-17/h3-4,6,8-11H,5,7H2,1-2H3,(H,21,26,28)(H,22,23,24). The fourth-order valence-corrected chi connectivity index (χ4v) is 3.25. The summed E-state index contributed by atoms with van der Waals surface area (Å²) in [5.74, 6) is 2.27. The molecule has 30 heavy (non-hydrogen) atoms. The molecule has 0 saturated carbocycles. The van der Waals surface area contributed by atoms with Crippen molar-refractivity contribution in [3.05, 3.63) is 53.7 Å². The lowest BCUT2D eigenvalue weighted by Crippen LogP contribution is -2.13. The molecule has 0 radical (unpaired) electrons. The number of aromatic nitrogens is 6. The Hall–Kier alpha value is -3.95. The van der Waals surface area contributed by atoms with Gasteiger partial charge in [0.25, 0.3) is 5.91 Å². The monoisotopic (exact) mass is 405 g/mol. The number of hydrogen-bond acceptors (Lipinski definition) is 7. The number of carbonyl (C=O) groups excluding carboxylic acids is 1. The van der Waals surface area contributed by atoms with Crippen molar-refractivity contribution in [2.24, 2.45) is 0 Å². The summed E-state index contributed by atoms with van der Waals surface area (Å²) in [7, 11) is 0. The maximum atomic E-state index is 12.6. The lowest BCUT2D eigenvalue weighted by molar-refractivity contribution is 0.102. The van der Waals surface area contributed by atoms with Gasteiger partial charge in [0, 0.05) is 29.7 Å². The molecule has 1 aromatic carbocycles. The first-order chi connectivity index (χ1) is 14.6. The predicted molar refractivity (Wildman–Crippen MR) is 107 cm³/mol. The van der Waals surface area contributed by atoms with Gasteiger partial charge < -0.3 is 14.6 Å². The smallest absolute Gasteiger partial charge is 0.256 e. The van der Waals surface area contributed by atoms with Crippen LogP contribution in [0.1, 0.15) is 41.6 Å². The van der Waals surface area contributed by atoms with E-state index < -0.39 is 0 Å². The van der Waals surface area contributed by atoms with E-state index >= 15 is 0 Å². The third-order valence-electron chi connectivity index (χ3n) is 4.79. The predicted octanol–water partition coefficient (Wildman–Crippen LogP) is 2.96. The molecule has 0 saturated heterocycles. The van der Waals surface area contributed by atoms with E-state index in [0.29, 0.717) is 47.4 Å². The first-order valence-corrected chi connectivity index (χ1v) is 9.59. The number of amides is 1. The van der Waals surface area contributed by atoms with Crippen LogP contribution in [-0.2, 0) is 6.42 Å². The lowest BCUT2D eigenvalue weighted by atomic mass is 10.1. The number of nitrogens with one attached hydrogen (secondary N) is 2. The Morgan fingerprint density at radius 1 is 1.27 bits per heavy atom. The average Bonchev–Trinajstić information content (AvgIpc) is 3.47. The van der Waals surface area contributed by atoms with Crippen molar-refractivity contribution in [1.82, 2.24) is 30.1 Å². The highest BCUT2D eigenvalue weighted by atomic mass is 16.5. The number of ether oxygens (including phenoxy) is 1. The van der Waals surface area contributed by atoms with Crippen molar-refractivity contribution in [1.29, 1.82) is 0 Å². The van der Waals surface area contributed by atoms with Crippen molar-refractivity contribution in [3.8, 4) is 23.0 Å². The number of nitrogens with zero attached hydrogens (tertiary/aromatic N) is 5. The minimum atomic E-state index is -0.304. The number of carbonyl (C=O) groups is 1. The Morgan fingerprint density at radius 3 is 2.93 bits per heavy atom. The van der Waals surface area contributed by atoms with Crippen LogP contribution in [-0.4, -0.2) is 42.6 Å². The minimum absolute atomic E-state index is 0.218. The molecule has 0 aliphatic carbocycles. The summed E-state index contributed by atoms with van der Waals surface area (Å²) >= 11 is 0. The first-order valence-electron chi connectivity index (χ1n) is 9.59. The fourth-order valence-electron chi connectivity index (χ4n) is 3.25. The van der Waals surface area contributed by atoms with E-state index in [4.69, 9.17) is 14.4 Å². The van der Waals surface area contributed by atoms with Crippen molar-refractivity contribution < 1.29 is 14.1 Å². The molecule has 4 aromatic rings. The number of aromatic amines is 1. The fraction of sp³-hybridized carbons (Fsp3) is 0.250. The minimum Gasteiger partial charge on any atom is -0.491 e. The summed E-state index contributed by atoms with van der Waals surface area (Å²) in [6, 6.07) is 8.76. The molecular weight excluding hydrogens is 386 g/mol. The zero-order chi connectivity index (χ0) is 20.7. The Morgan fingerprint density at radius 2 is 2.17 bits per heavy atom. The second-order valence-electron chi connectivity index (χ2n) is 7.25.